The van der Waals surface area contributed by atoms with E-state index >= 15 is 0 Å². The fourth-order valence-electron chi connectivity index (χ4n) is 3.18. The van der Waals surface area contributed by atoms with Gasteiger partial charge >= 0.3 is 5.97 Å². The lowest BCUT2D eigenvalue weighted by atomic mass is 10.1. The monoisotopic (exact) mass is 399 g/mol. The zero-order valence-corrected chi connectivity index (χ0v) is 17.0. The summed E-state index contributed by atoms with van der Waals surface area (Å²) in [6, 6.07) is 9.06. The van der Waals surface area contributed by atoms with Crippen LogP contribution in [0.4, 0.5) is 5.69 Å². The van der Waals surface area contributed by atoms with Crippen molar-refractivity contribution in [3.63, 3.8) is 0 Å². The van der Waals surface area contributed by atoms with Crippen molar-refractivity contribution in [3.8, 4) is 17.2 Å². The molecular formula is C22H25NO6. The first kappa shape index (κ1) is 20.5. The van der Waals surface area contributed by atoms with Gasteiger partial charge in [0.15, 0.2) is 24.2 Å². The van der Waals surface area contributed by atoms with Gasteiger partial charge in [-0.3, -0.25) is 4.79 Å². The Labute approximate surface area is 169 Å². The fourth-order valence-corrected chi connectivity index (χ4v) is 3.18. The average Bonchev–Trinajstić information content (AvgIpc) is 2.67. The van der Waals surface area contributed by atoms with Crippen LogP contribution < -0.4 is 19.5 Å². The van der Waals surface area contributed by atoms with Crippen LogP contribution >= 0.6 is 0 Å². The van der Waals surface area contributed by atoms with Gasteiger partial charge in [-0.15, -0.1) is 0 Å². The molecule has 0 aromatic heterocycles. The summed E-state index contributed by atoms with van der Waals surface area (Å²) in [5.41, 5.74) is 3.54. The molecule has 154 valence electrons. The molecule has 0 saturated heterocycles. The zero-order chi connectivity index (χ0) is 21.0. The predicted octanol–water partition coefficient (Wildman–Crippen LogP) is 3.33. The van der Waals surface area contributed by atoms with E-state index in [-0.39, 0.29) is 6.61 Å². The standard InChI is InChI=1S/C22H25NO6/c1-13-9-14(2)21(15(3)10-13)28-12-20(24)29-16(4)22(25)23-17-5-6-18-19(11-17)27-8-7-26-18/h5-6,9-11,16H,7-8,12H2,1-4H3,(H,23,25)/t16-/m1/s1. The normalized spacial score (nSPS) is 13.4. The van der Waals surface area contributed by atoms with E-state index in [1.165, 1.54) is 6.92 Å². The fraction of sp³-hybridized carbons (Fsp3) is 0.364. The summed E-state index contributed by atoms with van der Waals surface area (Å²) in [6.07, 6.45) is -0.973. The lowest BCUT2D eigenvalue weighted by Gasteiger charge is -2.19. The molecule has 3 rings (SSSR count). The molecule has 1 heterocycles. The number of nitrogens with one attached hydrogen (secondary N) is 1. The molecule has 2 aromatic rings. The van der Waals surface area contributed by atoms with Crippen molar-refractivity contribution in [2.24, 2.45) is 0 Å². The van der Waals surface area contributed by atoms with Crippen LogP contribution in [0.5, 0.6) is 17.2 Å². The van der Waals surface area contributed by atoms with E-state index < -0.39 is 18.0 Å². The Morgan fingerprint density at radius 3 is 2.38 bits per heavy atom. The third-order valence-corrected chi connectivity index (χ3v) is 4.43. The Balaban J connectivity index is 1.52. The molecule has 0 radical (unpaired) electrons. The minimum absolute atomic E-state index is 0.271. The number of aryl methyl sites for hydroxylation is 3. The van der Waals surface area contributed by atoms with Crippen LogP contribution in [0.25, 0.3) is 0 Å². The van der Waals surface area contributed by atoms with E-state index in [0.29, 0.717) is 36.1 Å². The van der Waals surface area contributed by atoms with E-state index in [0.717, 1.165) is 16.7 Å². The first-order valence-corrected chi connectivity index (χ1v) is 9.44. The zero-order valence-electron chi connectivity index (χ0n) is 17.0. The lowest BCUT2D eigenvalue weighted by Crippen LogP contribution is -2.31. The maximum atomic E-state index is 12.3. The summed E-state index contributed by atoms with van der Waals surface area (Å²) in [6.45, 7) is 8.03. The molecule has 1 aliphatic heterocycles. The minimum Gasteiger partial charge on any atom is -0.486 e. The summed E-state index contributed by atoms with van der Waals surface area (Å²) in [5, 5.41) is 2.70. The van der Waals surface area contributed by atoms with Crippen molar-refractivity contribution in [1.29, 1.82) is 0 Å². The van der Waals surface area contributed by atoms with E-state index in [1.807, 2.05) is 32.9 Å². The number of carbonyl (C=O) groups excluding carboxylic acids is 2. The highest BCUT2D eigenvalue weighted by Crippen LogP contribution is 2.32. The molecule has 7 heteroatoms. The predicted molar refractivity (Wildman–Crippen MR) is 108 cm³/mol. The molecular weight excluding hydrogens is 374 g/mol. The Morgan fingerprint density at radius 2 is 1.69 bits per heavy atom. The van der Waals surface area contributed by atoms with Crippen LogP contribution in [0.1, 0.15) is 23.6 Å². The Morgan fingerprint density at radius 1 is 1.03 bits per heavy atom. The second kappa shape index (κ2) is 8.86. The van der Waals surface area contributed by atoms with Gasteiger partial charge in [0.05, 0.1) is 0 Å². The minimum atomic E-state index is -0.973. The van der Waals surface area contributed by atoms with Crippen molar-refractivity contribution in [2.45, 2.75) is 33.8 Å². The first-order chi connectivity index (χ1) is 13.8. The summed E-state index contributed by atoms with van der Waals surface area (Å²) in [7, 11) is 0. The van der Waals surface area contributed by atoms with Gasteiger partial charge in [-0.2, -0.15) is 0 Å². The third-order valence-electron chi connectivity index (χ3n) is 4.43. The lowest BCUT2D eigenvalue weighted by molar-refractivity contribution is -0.155. The summed E-state index contributed by atoms with van der Waals surface area (Å²) >= 11 is 0. The number of carbonyl (C=O) groups is 2. The smallest absolute Gasteiger partial charge is 0.344 e. The number of rotatable bonds is 6. The van der Waals surface area contributed by atoms with Crippen molar-refractivity contribution in [3.05, 3.63) is 47.0 Å². The van der Waals surface area contributed by atoms with E-state index in [9.17, 15) is 9.59 Å². The quantitative estimate of drug-likeness (QED) is 0.751. The largest absolute Gasteiger partial charge is 0.486 e. The van der Waals surface area contributed by atoms with Crippen LogP contribution in [0, 0.1) is 20.8 Å². The molecule has 1 aliphatic rings. The molecule has 0 bridgehead atoms. The molecule has 1 amide bonds. The molecule has 0 spiro atoms. The first-order valence-electron chi connectivity index (χ1n) is 9.44. The summed E-state index contributed by atoms with van der Waals surface area (Å²) < 4.78 is 21.7. The van der Waals surface area contributed by atoms with E-state index in [1.54, 1.807) is 18.2 Å². The van der Waals surface area contributed by atoms with Crippen molar-refractivity contribution >= 4 is 17.6 Å². The molecule has 0 unspecified atom stereocenters. The molecule has 1 atom stereocenters. The highest BCUT2D eigenvalue weighted by Gasteiger charge is 2.20. The molecule has 1 N–H and O–H groups in total. The molecule has 0 fully saturated rings. The number of ether oxygens (including phenoxy) is 4. The van der Waals surface area contributed by atoms with Gasteiger partial charge < -0.3 is 24.3 Å². The molecule has 7 nitrogen and oxygen atoms in total. The maximum absolute atomic E-state index is 12.3. The second-order valence-electron chi connectivity index (χ2n) is 7.00. The van der Waals surface area contributed by atoms with Gasteiger partial charge in [0, 0.05) is 11.8 Å². The SMILES string of the molecule is Cc1cc(C)c(OCC(=O)O[C@H](C)C(=O)Nc2ccc3c(c2)OCCO3)c(C)c1. The number of hydrogen-bond acceptors (Lipinski definition) is 6. The van der Waals surface area contributed by atoms with Gasteiger partial charge in [0.1, 0.15) is 19.0 Å². The Hall–Kier alpha value is -3.22. The van der Waals surface area contributed by atoms with Gasteiger partial charge in [0.25, 0.3) is 5.91 Å². The van der Waals surface area contributed by atoms with Gasteiger partial charge in [-0.05, 0) is 51.0 Å². The van der Waals surface area contributed by atoms with Gasteiger partial charge in [0.2, 0.25) is 0 Å². The van der Waals surface area contributed by atoms with E-state index in [4.69, 9.17) is 18.9 Å². The highest BCUT2D eigenvalue weighted by molar-refractivity contribution is 5.95. The maximum Gasteiger partial charge on any atom is 0.344 e. The Kier molecular flexibility index (Phi) is 6.26. The number of fused-ring (bicyclic) bond motifs is 1. The number of hydrogen-bond donors (Lipinski definition) is 1. The van der Waals surface area contributed by atoms with Crippen LogP contribution in [0.2, 0.25) is 0 Å². The van der Waals surface area contributed by atoms with Crippen LogP contribution in [-0.2, 0) is 14.3 Å². The third kappa shape index (κ3) is 5.19. The van der Waals surface area contributed by atoms with Crippen molar-refractivity contribution in [1.82, 2.24) is 0 Å². The van der Waals surface area contributed by atoms with Crippen molar-refractivity contribution in [2.75, 3.05) is 25.1 Å². The average molecular weight is 399 g/mol. The molecule has 0 saturated carbocycles. The highest BCUT2D eigenvalue weighted by atomic mass is 16.6. The summed E-state index contributed by atoms with van der Waals surface area (Å²) in [4.78, 5) is 24.4. The molecule has 29 heavy (non-hydrogen) atoms. The molecule has 0 aliphatic carbocycles. The topological polar surface area (TPSA) is 83.1 Å². The number of amides is 1. The summed E-state index contributed by atoms with van der Waals surface area (Å²) in [5.74, 6) is 0.788. The van der Waals surface area contributed by atoms with Crippen molar-refractivity contribution < 1.29 is 28.5 Å². The number of anilines is 1. The second-order valence-corrected chi connectivity index (χ2v) is 7.00. The Bertz CT molecular complexity index is 901. The van der Waals surface area contributed by atoms with E-state index in [2.05, 4.69) is 5.32 Å². The van der Waals surface area contributed by atoms with Crippen LogP contribution in [0.3, 0.4) is 0 Å². The number of esters is 1. The molecule has 2 aromatic carbocycles. The van der Waals surface area contributed by atoms with Gasteiger partial charge in [-0.1, -0.05) is 17.7 Å². The van der Waals surface area contributed by atoms with Gasteiger partial charge in [-0.25, -0.2) is 4.79 Å². The number of benzene rings is 2. The van der Waals surface area contributed by atoms with Crippen LogP contribution in [-0.4, -0.2) is 37.8 Å². The van der Waals surface area contributed by atoms with Crippen LogP contribution in [0.15, 0.2) is 30.3 Å².